The molecule has 2 rings (SSSR count). The molecule has 1 aromatic carbocycles. The quantitative estimate of drug-likeness (QED) is 0.168. The van der Waals surface area contributed by atoms with Crippen molar-refractivity contribution in [1.82, 2.24) is 4.90 Å². The predicted molar refractivity (Wildman–Crippen MR) is 129 cm³/mol. The molecule has 1 heterocycles. The fourth-order valence-electron chi connectivity index (χ4n) is 4.91. The Hall–Kier alpha value is -2.13. The molecule has 6 nitrogen and oxygen atoms in total. The Morgan fingerprint density at radius 2 is 1.94 bits per heavy atom. The molecule has 6 heteroatoms. The largest absolute Gasteiger partial charge is 0.490 e. The van der Waals surface area contributed by atoms with Crippen molar-refractivity contribution in [3.8, 4) is 11.8 Å². The molecule has 32 heavy (non-hydrogen) atoms. The third-order valence-electron chi connectivity index (χ3n) is 6.52. The first-order chi connectivity index (χ1) is 15.5. The second kappa shape index (κ2) is 14.1. The molecule has 1 aliphatic heterocycles. The monoisotopic (exact) mass is 443 g/mol. The Kier molecular flexibility index (Phi) is 11.5. The van der Waals surface area contributed by atoms with Crippen LogP contribution in [-0.2, 0) is 0 Å². The molecule has 0 radical (unpaired) electrons. The van der Waals surface area contributed by atoms with Crippen molar-refractivity contribution in [2.24, 2.45) is 5.92 Å². The molecule has 0 aromatic heterocycles. The molecule has 178 valence electrons. The van der Waals surface area contributed by atoms with Crippen molar-refractivity contribution in [2.45, 2.75) is 103 Å². The van der Waals surface area contributed by atoms with E-state index in [0.717, 1.165) is 19.4 Å². The standard InChI is InChI=1S/C26H41N3O3/c1-4-5-6-7-8-9-10-13-22(18-21(2)3)28-17-12-14-23(28)20-32-26-16-11-15-25(29(30)31)24(26)19-27/h11,15-16,21-23H,4-10,12-14,17-18,20H2,1-3H3/t22?,23-/m1/s1. The van der Waals surface area contributed by atoms with E-state index in [0.29, 0.717) is 30.4 Å². The number of rotatable bonds is 15. The summed E-state index contributed by atoms with van der Waals surface area (Å²) in [6.07, 6.45) is 13.9. The molecule has 1 fully saturated rings. The van der Waals surface area contributed by atoms with Gasteiger partial charge in [0.1, 0.15) is 18.4 Å². The molecule has 1 saturated heterocycles. The minimum absolute atomic E-state index is 0.0175. The molecular formula is C26H41N3O3. The van der Waals surface area contributed by atoms with Crippen LogP contribution >= 0.6 is 0 Å². The van der Waals surface area contributed by atoms with Crippen LogP contribution in [-0.4, -0.2) is 35.1 Å². The van der Waals surface area contributed by atoms with Gasteiger partial charge in [-0.3, -0.25) is 15.0 Å². The Balaban J connectivity index is 1.95. The van der Waals surface area contributed by atoms with Crippen LogP contribution in [0, 0.1) is 27.4 Å². The summed E-state index contributed by atoms with van der Waals surface area (Å²) in [4.78, 5) is 13.3. The van der Waals surface area contributed by atoms with E-state index in [1.165, 1.54) is 63.9 Å². The molecule has 2 atom stereocenters. The van der Waals surface area contributed by atoms with Crippen LogP contribution in [0.15, 0.2) is 18.2 Å². The fourth-order valence-corrected chi connectivity index (χ4v) is 4.91. The van der Waals surface area contributed by atoms with Gasteiger partial charge in [0.25, 0.3) is 5.69 Å². The number of unbranched alkanes of at least 4 members (excludes halogenated alkanes) is 6. The molecule has 0 N–H and O–H groups in total. The summed E-state index contributed by atoms with van der Waals surface area (Å²) >= 11 is 0. The maximum absolute atomic E-state index is 11.2. The van der Waals surface area contributed by atoms with Crippen molar-refractivity contribution in [3.05, 3.63) is 33.9 Å². The SMILES string of the molecule is CCCCCCCCCC(CC(C)C)N1CCC[C@@H]1COc1cccc([N+](=O)[O-])c1C#N. The molecular weight excluding hydrogens is 402 g/mol. The zero-order chi connectivity index (χ0) is 23.3. The van der Waals surface area contributed by atoms with Crippen LogP contribution in [0.3, 0.4) is 0 Å². The predicted octanol–water partition coefficient (Wildman–Crippen LogP) is 6.87. The Morgan fingerprint density at radius 3 is 2.59 bits per heavy atom. The van der Waals surface area contributed by atoms with Crippen molar-refractivity contribution in [3.63, 3.8) is 0 Å². The third kappa shape index (κ3) is 8.09. The summed E-state index contributed by atoms with van der Waals surface area (Å²) in [6.45, 7) is 8.40. The highest BCUT2D eigenvalue weighted by atomic mass is 16.6. The average molecular weight is 444 g/mol. The zero-order valence-corrected chi connectivity index (χ0v) is 20.2. The number of nitriles is 1. The second-order valence-corrected chi connectivity index (χ2v) is 9.56. The van der Waals surface area contributed by atoms with Gasteiger partial charge in [0.15, 0.2) is 5.56 Å². The van der Waals surface area contributed by atoms with E-state index in [9.17, 15) is 15.4 Å². The lowest BCUT2D eigenvalue weighted by Gasteiger charge is -2.34. The highest BCUT2D eigenvalue weighted by Crippen LogP contribution is 2.30. The minimum atomic E-state index is -0.520. The molecule has 0 aliphatic carbocycles. The Morgan fingerprint density at radius 1 is 1.22 bits per heavy atom. The smallest absolute Gasteiger partial charge is 0.290 e. The second-order valence-electron chi connectivity index (χ2n) is 9.56. The van der Waals surface area contributed by atoms with Gasteiger partial charge in [0.05, 0.1) is 4.92 Å². The van der Waals surface area contributed by atoms with Gasteiger partial charge < -0.3 is 4.74 Å². The number of nitro groups is 1. The highest BCUT2D eigenvalue weighted by Gasteiger charge is 2.31. The van der Waals surface area contributed by atoms with Crippen LogP contribution in [0.1, 0.15) is 97.0 Å². The summed E-state index contributed by atoms with van der Waals surface area (Å²) in [5, 5.41) is 20.6. The number of hydrogen-bond acceptors (Lipinski definition) is 5. The maximum atomic E-state index is 11.2. The molecule has 0 spiro atoms. The molecule has 0 saturated carbocycles. The van der Waals surface area contributed by atoms with E-state index in [1.54, 1.807) is 12.1 Å². The molecule has 0 amide bonds. The van der Waals surface area contributed by atoms with Gasteiger partial charge >= 0.3 is 0 Å². The van der Waals surface area contributed by atoms with E-state index in [1.807, 2.05) is 6.07 Å². The first-order valence-corrected chi connectivity index (χ1v) is 12.5. The van der Waals surface area contributed by atoms with Gasteiger partial charge in [-0.2, -0.15) is 5.26 Å². The first kappa shape index (κ1) is 26.1. The first-order valence-electron chi connectivity index (χ1n) is 12.5. The Bertz CT molecular complexity index is 744. The lowest BCUT2D eigenvalue weighted by atomic mass is 9.96. The van der Waals surface area contributed by atoms with E-state index < -0.39 is 4.92 Å². The summed E-state index contributed by atoms with van der Waals surface area (Å²) < 4.78 is 6.00. The molecule has 0 bridgehead atoms. The lowest BCUT2D eigenvalue weighted by molar-refractivity contribution is -0.385. The topological polar surface area (TPSA) is 79.4 Å². The van der Waals surface area contributed by atoms with Crippen molar-refractivity contribution in [1.29, 1.82) is 5.26 Å². The number of nitrogens with zero attached hydrogens (tertiary/aromatic N) is 3. The number of hydrogen-bond donors (Lipinski definition) is 0. The van der Waals surface area contributed by atoms with Crippen LogP contribution < -0.4 is 4.74 Å². The Labute approximate surface area is 194 Å². The number of benzene rings is 1. The fraction of sp³-hybridized carbons (Fsp3) is 0.731. The summed E-state index contributed by atoms with van der Waals surface area (Å²) in [7, 11) is 0. The van der Waals surface area contributed by atoms with Gasteiger partial charge in [-0.15, -0.1) is 0 Å². The van der Waals surface area contributed by atoms with Gasteiger partial charge in [-0.25, -0.2) is 0 Å². The number of likely N-dealkylation sites (tertiary alicyclic amines) is 1. The van der Waals surface area contributed by atoms with Crippen LogP contribution in [0.5, 0.6) is 5.75 Å². The third-order valence-corrected chi connectivity index (χ3v) is 6.52. The lowest BCUT2D eigenvalue weighted by Crippen LogP contribution is -2.42. The van der Waals surface area contributed by atoms with E-state index >= 15 is 0 Å². The molecule has 1 unspecified atom stereocenters. The van der Waals surface area contributed by atoms with Crippen LogP contribution in [0.4, 0.5) is 5.69 Å². The minimum Gasteiger partial charge on any atom is -0.490 e. The van der Waals surface area contributed by atoms with Gasteiger partial charge in [-0.05, 0) is 44.2 Å². The summed E-state index contributed by atoms with van der Waals surface area (Å²) in [5.41, 5.74) is -0.172. The number of ether oxygens (including phenoxy) is 1. The number of nitro benzene ring substituents is 1. The van der Waals surface area contributed by atoms with Crippen LogP contribution in [0.2, 0.25) is 0 Å². The van der Waals surface area contributed by atoms with Crippen molar-refractivity contribution < 1.29 is 9.66 Å². The molecule has 1 aliphatic rings. The average Bonchev–Trinajstić information content (AvgIpc) is 3.24. The summed E-state index contributed by atoms with van der Waals surface area (Å²) in [5.74, 6) is 0.967. The normalized spacial score (nSPS) is 17.4. The van der Waals surface area contributed by atoms with E-state index in [-0.39, 0.29) is 11.3 Å². The maximum Gasteiger partial charge on any atom is 0.290 e. The van der Waals surface area contributed by atoms with E-state index in [2.05, 4.69) is 25.7 Å². The molecule has 1 aromatic rings. The van der Waals surface area contributed by atoms with Crippen LogP contribution in [0.25, 0.3) is 0 Å². The van der Waals surface area contributed by atoms with Crippen molar-refractivity contribution >= 4 is 5.69 Å². The van der Waals surface area contributed by atoms with Gasteiger partial charge in [0.2, 0.25) is 0 Å². The summed E-state index contributed by atoms with van der Waals surface area (Å²) in [6, 6.07) is 7.41. The van der Waals surface area contributed by atoms with Crippen molar-refractivity contribution in [2.75, 3.05) is 13.2 Å². The highest BCUT2D eigenvalue weighted by molar-refractivity contribution is 5.56. The zero-order valence-electron chi connectivity index (χ0n) is 20.2. The van der Waals surface area contributed by atoms with Gasteiger partial charge in [0, 0.05) is 18.2 Å². The van der Waals surface area contributed by atoms with E-state index in [4.69, 9.17) is 4.74 Å². The van der Waals surface area contributed by atoms with Gasteiger partial charge in [-0.1, -0.05) is 71.8 Å².